The van der Waals surface area contributed by atoms with Gasteiger partial charge >= 0.3 is 9.53 Å². The quantitative estimate of drug-likeness (QED) is 0.0474. The van der Waals surface area contributed by atoms with Crippen LogP contribution in [0.25, 0.3) is 0 Å². The minimum Gasteiger partial charge on any atom is -0.381 e. The van der Waals surface area contributed by atoms with Crippen LogP contribution in [0.3, 0.4) is 0 Å². The molecule has 0 saturated carbocycles. The summed E-state index contributed by atoms with van der Waals surface area (Å²) in [5, 5.41) is 0. The van der Waals surface area contributed by atoms with E-state index in [1.165, 1.54) is 154 Å². The molecule has 0 fully saturated rings. The lowest BCUT2D eigenvalue weighted by atomic mass is 10.1. The van der Waals surface area contributed by atoms with Crippen LogP contribution in [0, 0.1) is 0 Å². The molecule has 278 valence electrons. The fourth-order valence-corrected chi connectivity index (χ4v) is 6.85. The average Bonchev–Trinajstić information content (AvgIpc) is 3.07. The number of unbranched alkanes of at least 4 members (excludes halogenated alkanes) is 21. The van der Waals surface area contributed by atoms with Gasteiger partial charge in [-0.1, -0.05) is 156 Å². The number of hydrogen-bond donors (Lipinski definition) is 0. The topological polar surface area (TPSA) is 55.4 Å². The SMILES string of the molecule is CCCCCCCCCCOCCCO[SiH](OCCCOCCCCCCCCCC)OCCCOCCCCCCCCCC. The van der Waals surface area contributed by atoms with Gasteiger partial charge < -0.3 is 27.5 Å². The first-order valence-electron chi connectivity index (χ1n) is 20.4. The van der Waals surface area contributed by atoms with Crippen molar-refractivity contribution < 1.29 is 27.5 Å². The molecule has 0 radical (unpaired) electrons. The number of ether oxygens (including phenoxy) is 3. The van der Waals surface area contributed by atoms with Gasteiger partial charge in [0.2, 0.25) is 0 Å². The highest BCUT2D eigenvalue weighted by Crippen LogP contribution is 2.10. The Bertz CT molecular complexity index is 455. The molecule has 0 heterocycles. The van der Waals surface area contributed by atoms with Gasteiger partial charge in [0.1, 0.15) is 0 Å². The van der Waals surface area contributed by atoms with Crippen molar-refractivity contribution in [1.29, 1.82) is 0 Å². The van der Waals surface area contributed by atoms with Gasteiger partial charge in [-0.2, -0.15) is 0 Å². The predicted octanol–water partition coefficient (Wildman–Crippen LogP) is 11.4. The molecule has 0 spiro atoms. The van der Waals surface area contributed by atoms with Crippen LogP contribution in [0.15, 0.2) is 0 Å². The zero-order valence-electron chi connectivity index (χ0n) is 31.5. The Morgan fingerprint density at radius 2 is 0.457 bits per heavy atom. The van der Waals surface area contributed by atoms with Gasteiger partial charge in [-0.25, -0.2) is 0 Å². The molecule has 0 aliphatic rings. The molecule has 0 bridgehead atoms. The molecule has 0 amide bonds. The normalized spacial score (nSPS) is 11.7. The maximum Gasteiger partial charge on any atom is 0.484 e. The van der Waals surface area contributed by atoms with E-state index >= 15 is 0 Å². The second kappa shape index (κ2) is 43.0. The number of hydrogen-bond acceptors (Lipinski definition) is 6. The molecule has 0 saturated heterocycles. The third kappa shape index (κ3) is 40.2. The second-order valence-corrected chi connectivity index (χ2v) is 14.8. The molecule has 0 rings (SSSR count). The van der Waals surface area contributed by atoms with E-state index in [1.54, 1.807) is 0 Å². The van der Waals surface area contributed by atoms with Gasteiger partial charge in [0.25, 0.3) is 0 Å². The third-order valence-corrected chi connectivity index (χ3v) is 10.0. The maximum absolute atomic E-state index is 6.08. The van der Waals surface area contributed by atoms with E-state index in [9.17, 15) is 0 Å². The van der Waals surface area contributed by atoms with Crippen molar-refractivity contribution in [3.63, 3.8) is 0 Å². The lowest BCUT2D eigenvalue weighted by Crippen LogP contribution is -2.29. The van der Waals surface area contributed by atoms with E-state index < -0.39 is 9.53 Å². The van der Waals surface area contributed by atoms with Crippen LogP contribution >= 0.6 is 0 Å². The van der Waals surface area contributed by atoms with Crippen molar-refractivity contribution in [3.8, 4) is 0 Å². The van der Waals surface area contributed by atoms with Crippen molar-refractivity contribution in [1.82, 2.24) is 0 Å². The fraction of sp³-hybridized carbons (Fsp3) is 1.00. The Morgan fingerprint density at radius 1 is 0.239 bits per heavy atom. The molecule has 0 aromatic rings. The molecular weight excluding hydrogens is 593 g/mol. The van der Waals surface area contributed by atoms with E-state index in [0.29, 0.717) is 19.8 Å². The standard InChI is InChI=1S/C39H82O6Si/c1-4-7-10-13-16-19-22-25-31-40-34-28-37-43-46(44-38-29-35-41-32-26-23-20-17-14-11-8-5-2)45-39-30-36-42-33-27-24-21-18-15-12-9-6-3/h46H,4-39H2,1-3H3. The Labute approximate surface area is 290 Å². The van der Waals surface area contributed by atoms with Crippen molar-refractivity contribution in [2.45, 2.75) is 194 Å². The first-order valence-corrected chi connectivity index (χ1v) is 21.8. The molecule has 0 atom stereocenters. The molecule has 46 heavy (non-hydrogen) atoms. The Morgan fingerprint density at radius 3 is 0.717 bits per heavy atom. The Kier molecular flexibility index (Phi) is 43.0. The minimum atomic E-state index is -2.16. The van der Waals surface area contributed by atoms with Crippen LogP contribution in [0.2, 0.25) is 0 Å². The van der Waals surface area contributed by atoms with Crippen molar-refractivity contribution in [3.05, 3.63) is 0 Å². The highest BCUT2D eigenvalue weighted by molar-refractivity contribution is 6.36. The molecule has 7 heteroatoms. The first kappa shape index (κ1) is 46.0. The summed E-state index contributed by atoms with van der Waals surface area (Å²) in [4.78, 5) is 0. The molecule has 0 aromatic carbocycles. The van der Waals surface area contributed by atoms with Crippen LogP contribution < -0.4 is 0 Å². The minimum absolute atomic E-state index is 0.637. The smallest absolute Gasteiger partial charge is 0.381 e. The highest BCUT2D eigenvalue weighted by Gasteiger charge is 2.15. The van der Waals surface area contributed by atoms with E-state index in [-0.39, 0.29) is 0 Å². The van der Waals surface area contributed by atoms with Gasteiger partial charge in [-0.05, 0) is 38.5 Å². The zero-order chi connectivity index (χ0) is 33.3. The fourth-order valence-electron chi connectivity index (χ4n) is 5.49. The maximum atomic E-state index is 6.08. The van der Waals surface area contributed by atoms with Crippen LogP contribution in [0.5, 0.6) is 0 Å². The van der Waals surface area contributed by atoms with Crippen molar-refractivity contribution in [2.24, 2.45) is 0 Å². The largest absolute Gasteiger partial charge is 0.484 e. The summed E-state index contributed by atoms with van der Waals surface area (Å²) in [6.07, 6.45) is 34.6. The van der Waals surface area contributed by atoms with E-state index in [1.807, 2.05) is 0 Å². The Balaban J connectivity index is 3.91. The van der Waals surface area contributed by atoms with Gasteiger partial charge in [-0.15, -0.1) is 0 Å². The van der Waals surface area contributed by atoms with Crippen LogP contribution in [-0.4, -0.2) is 69.0 Å². The lowest BCUT2D eigenvalue weighted by molar-refractivity contribution is 0.0558. The molecule has 0 unspecified atom stereocenters. The van der Waals surface area contributed by atoms with Crippen molar-refractivity contribution >= 4 is 9.53 Å². The van der Waals surface area contributed by atoms with E-state index in [2.05, 4.69) is 20.8 Å². The molecular formula is C39H82O6Si. The van der Waals surface area contributed by atoms with Crippen molar-refractivity contribution in [2.75, 3.05) is 59.5 Å². The zero-order valence-corrected chi connectivity index (χ0v) is 32.6. The van der Waals surface area contributed by atoms with Crippen LogP contribution in [-0.2, 0) is 27.5 Å². The molecule has 0 aliphatic carbocycles. The molecule has 0 N–H and O–H groups in total. The second-order valence-electron chi connectivity index (χ2n) is 13.2. The molecule has 0 aromatic heterocycles. The highest BCUT2D eigenvalue weighted by atomic mass is 28.3. The van der Waals surface area contributed by atoms with Gasteiger partial charge in [-0.3, -0.25) is 0 Å². The summed E-state index contributed by atoms with van der Waals surface area (Å²) in [6, 6.07) is 0. The average molecular weight is 675 g/mol. The molecule has 0 aliphatic heterocycles. The summed E-state index contributed by atoms with van der Waals surface area (Å²) < 4.78 is 35.8. The lowest BCUT2D eigenvalue weighted by Gasteiger charge is -2.17. The first-order chi connectivity index (χ1) is 22.8. The molecule has 6 nitrogen and oxygen atoms in total. The van der Waals surface area contributed by atoms with Gasteiger partial charge in [0.15, 0.2) is 0 Å². The summed E-state index contributed by atoms with van der Waals surface area (Å²) in [6.45, 7) is 13.6. The number of rotatable bonds is 42. The third-order valence-electron chi connectivity index (χ3n) is 8.49. The van der Waals surface area contributed by atoms with E-state index in [0.717, 1.165) is 58.9 Å². The summed E-state index contributed by atoms with van der Waals surface area (Å²) in [5.41, 5.74) is 0. The summed E-state index contributed by atoms with van der Waals surface area (Å²) in [5.74, 6) is 0. The van der Waals surface area contributed by atoms with Gasteiger partial charge in [0.05, 0.1) is 0 Å². The predicted molar refractivity (Wildman–Crippen MR) is 199 cm³/mol. The van der Waals surface area contributed by atoms with E-state index in [4.69, 9.17) is 27.5 Å². The van der Waals surface area contributed by atoms with Crippen LogP contribution in [0.4, 0.5) is 0 Å². The van der Waals surface area contributed by atoms with Crippen LogP contribution in [0.1, 0.15) is 194 Å². The summed E-state index contributed by atoms with van der Waals surface area (Å²) >= 11 is 0. The monoisotopic (exact) mass is 675 g/mol. The summed E-state index contributed by atoms with van der Waals surface area (Å²) in [7, 11) is -2.16. The Hall–Kier alpha value is -0.0231. The van der Waals surface area contributed by atoms with Gasteiger partial charge in [0, 0.05) is 59.5 Å².